The molecule has 1 aliphatic heterocycles. The van der Waals surface area contributed by atoms with Crippen molar-refractivity contribution in [3.05, 3.63) is 52.7 Å². The van der Waals surface area contributed by atoms with E-state index in [1.807, 2.05) is 31.2 Å². The SMILES string of the molecule is Cc1cnc(CN2CCN(C(CO)c3cccc(Cl)c3)CC2)o1. The van der Waals surface area contributed by atoms with Crippen molar-refractivity contribution in [2.24, 2.45) is 0 Å². The molecule has 1 aromatic heterocycles. The van der Waals surface area contributed by atoms with Gasteiger partial charge in [-0.05, 0) is 24.6 Å². The van der Waals surface area contributed by atoms with Crippen LogP contribution in [-0.4, -0.2) is 52.7 Å². The smallest absolute Gasteiger partial charge is 0.208 e. The van der Waals surface area contributed by atoms with E-state index in [0.29, 0.717) is 5.02 Å². The number of halogens is 1. The number of aliphatic hydroxyl groups excluding tert-OH is 1. The second-order valence-corrected chi connectivity index (χ2v) is 6.37. The Kier molecular flexibility index (Phi) is 5.33. The van der Waals surface area contributed by atoms with Crippen molar-refractivity contribution < 1.29 is 9.52 Å². The lowest BCUT2D eigenvalue weighted by molar-refractivity contribution is 0.0587. The summed E-state index contributed by atoms with van der Waals surface area (Å²) < 4.78 is 5.54. The molecule has 3 rings (SSSR count). The normalized spacial score (nSPS) is 18.2. The number of hydrogen-bond donors (Lipinski definition) is 1. The molecule has 124 valence electrons. The summed E-state index contributed by atoms with van der Waals surface area (Å²) in [6, 6.07) is 7.75. The molecule has 0 radical (unpaired) electrons. The van der Waals surface area contributed by atoms with Crippen LogP contribution in [0.4, 0.5) is 0 Å². The number of rotatable bonds is 5. The number of oxazole rings is 1. The van der Waals surface area contributed by atoms with Crippen molar-refractivity contribution >= 4 is 11.6 Å². The van der Waals surface area contributed by atoms with Crippen molar-refractivity contribution in [2.45, 2.75) is 19.5 Å². The molecule has 0 saturated carbocycles. The van der Waals surface area contributed by atoms with Crippen LogP contribution in [0.25, 0.3) is 0 Å². The molecule has 23 heavy (non-hydrogen) atoms. The summed E-state index contributed by atoms with van der Waals surface area (Å²) in [5.41, 5.74) is 1.07. The van der Waals surface area contributed by atoms with E-state index in [0.717, 1.165) is 49.9 Å². The lowest BCUT2D eigenvalue weighted by atomic mass is 10.1. The average molecular weight is 336 g/mol. The molecule has 1 saturated heterocycles. The first-order valence-electron chi connectivity index (χ1n) is 7.90. The summed E-state index contributed by atoms with van der Waals surface area (Å²) in [7, 11) is 0. The number of piperazine rings is 1. The second kappa shape index (κ2) is 7.45. The Hall–Kier alpha value is -1.40. The number of aryl methyl sites for hydroxylation is 1. The zero-order chi connectivity index (χ0) is 16.2. The van der Waals surface area contributed by atoms with Crippen LogP contribution in [0.2, 0.25) is 5.02 Å². The van der Waals surface area contributed by atoms with Gasteiger partial charge in [-0.25, -0.2) is 4.98 Å². The lowest BCUT2D eigenvalue weighted by Gasteiger charge is -2.38. The number of aromatic nitrogens is 1. The lowest BCUT2D eigenvalue weighted by Crippen LogP contribution is -2.47. The number of nitrogens with zero attached hydrogens (tertiary/aromatic N) is 3. The summed E-state index contributed by atoms with van der Waals surface area (Å²) in [6.07, 6.45) is 1.76. The van der Waals surface area contributed by atoms with Crippen molar-refractivity contribution in [3.63, 3.8) is 0 Å². The fourth-order valence-electron chi connectivity index (χ4n) is 3.04. The van der Waals surface area contributed by atoms with E-state index >= 15 is 0 Å². The quantitative estimate of drug-likeness (QED) is 0.909. The van der Waals surface area contributed by atoms with Gasteiger partial charge in [0.15, 0.2) is 0 Å². The predicted octanol–water partition coefficient (Wildman–Crippen LogP) is 2.49. The Morgan fingerprint density at radius 3 is 2.70 bits per heavy atom. The summed E-state index contributed by atoms with van der Waals surface area (Å²) in [5, 5.41) is 10.5. The molecule has 5 nitrogen and oxygen atoms in total. The Labute approximate surface area is 141 Å². The van der Waals surface area contributed by atoms with Gasteiger partial charge in [0.1, 0.15) is 5.76 Å². The van der Waals surface area contributed by atoms with E-state index < -0.39 is 0 Å². The van der Waals surface area contributed by atoms with E-state index in [1.54, 1.807) is 6.20 Å². The van der Waals surface area contributed by atoms with Gasteiger partial charge in [0.2, 0.25) is 5.89 Å². The first kappa shape index (κ1) is 16.5. The van der Waals surface area contributed by atoms with Crippen molar-refractivity contribution in [3.8, 4) is 0 Å². The minimum Gasteiger partial charge on any atom is -0.445 e. The summed E-state index contributed by atoms with van der Waals surface area (Å²) in [5.74, 6) is 1.62. The molecule has 0 spiro atoms. The van der Waals surface area contributed by atoms with Gasteiger partial charge in [-0.15, -0.1) is 0 Å². The Balaban J connectivity index is 1.58. The average Bonchev–Trinajstić information content (AvgIpc) is 2.95. The molecule has 0 amide bonds. The van der Waals surface area contributed by atoms with Crippen molar-refractivity contribution in [2.75, 3.05) is 32.8 Å². The third-order valence-electron chi connectivity index (χ3n) is 4.28. The predicted molar refractivity (Wildman–Crippen MR) is 89.4 cm³/mol. The van der Waals surface area contributed by atoms with Gasteiger partial charge in [0.05, 0.1) is 25.4 Å². The van der Waals surface area contributed by atoms with E-state index in [2.05, 4.69) is 14.8 Å². The summed E-state index contributed by atoms with van der Waals surface area (Å²) >= 11 is 6.07. The Morgan fingerprint density at radius 2 is 2.09 bits per heavy atom. The highest BCUT2D eigenvalue weighted by atomic mass is 35.5. The van der Waals surface area contributed by atoms with Crippen LogP contribution < -0.4 is 0 Å². The maximum atomic E-state index is 9.80. The fraction of sp³-hybridized carbons (Fsp3) is 0.471. The van der Waals surface area contributed by atoms with Crippen LogP contribution in [0.3, 0.4) is 0 Å². The molecule has 6 heteroatoms. The van der Waals surface area contributed by atoms with Gasteiger partial charge < -0.3 is 9.52 Å². The molecule has 0 aliphatic carbocycles. The maximum absolute atomic E-state index is 9.80. The molecule has 1 N–H and O–H groups in total. The molecule has 0 bridgehead atoms. The van der Waals surface area contributed by atoms with Crippen molar-refractivity contribution in [1.29, 1.82) is 0 Å². The first-order valence-corrected chi connectivity index (χ1v) is 8.27. The maximum Gasteiger partial charge on any atom is 0.208 e. The minimum absolute atomic E-state index is 0.000155. The molecule has 2 heterocycles. The standard InChI is InChI=1S/C17H22ClN3O2/c1-13-10-19-17(23-13)11-20-5-7-21(8-6-20)16(12-22)14-3-2-4-15(18)9-14/h2-4,9-10,16,22H,5-8,11-12H2,1H3. The largest absolute Gasteiger partial charge is 0.445 e. The van der Waals surface area contributed by atoms with Crippen LogP contribution in [-0.2, 0) is 6.54 Å². The highest BCUT2D eigenvalue weighted by Crippen LogP contribution is 2.24. The minimum atomic E-state index is -0.000155. The second-order valence-electron chi connectivity index (χ2n) is 5.93. The monoisotopic (exact) mass is 335 g/mol. The topological polar surface area (TPSA) is 52.7 Å². The third kappa shape index (κ3) is 4.12. The Bertz CT molecular complexity index is 638. The van der Waals surface area contributed by atoms with Gasteiger partial charge in [0, 0.05) is 31.2 Å². The summed E-state index contributed by atoms with van der Waals surface area (Å²) in [6.45, 7) is 6.40. The van der Waals surface area contributed by atoms with Gasteiger partial charge in [-0.1, -0.05) is 23.7 Å². The van der Waals surface area contributed by atoms with Crippen LogP contribution in [0, 0.1) is 6.92 Å². The van der Waals surface area contributed by atoms with Gasteiger partial charge in [-0.3, -0.25) is 9.80 Å². The molecule has 1 fully saturated rings. The highest BCUT2D eigenvalue weighted by molar-refractivity contribution is 6.30. The van der Waals surface area contributed by atoms with Crippen LogP contribution >= 0.6 is 11.6 Å². The van der Waals surface area contributed by atoms with Gasteiger partial charge >= 0.3 is 0 Å². The number of aliphatic hydroxyl groups is 1. The van der Waals surface area contributed by atoms with Crippen LogP contribution in [0.15, 0.2) is 34.9 Å². The highest BCUT2D eigenvalue weighted by Gasteiger charge is 2.25. The van der Waals surface area contributed by atoms with Crippen LogP contribution in [0.5, 0.6) is 0 Å². The van der Waals surface area contributed by atoms with E-state index in [1.165, 1.54) is 0 Å². The van der Waals surface area contributed by atoms with E-state index in [4.69, 9.17) is 16.0 Å². The molecular formula is C17H22ClN3O2. The molecule has 1 atom stereocenters. The van der Waals surface area contributed by atoms with Crippen LogP contribution in [0.1, 0.15) is 23.3 Å². The molecule has 1 unspecified atom stereocenters. The zero-order valence-electron chi connectivity index (χ0n) is 13.3. The molecular weight excluding hydrogens is 314 g/mol. The molecule has 1 aromatic carbocycles. The molecule has 1 aliphatic rings. The van der Waals surface area contributed by atoms with Crippen molar-refractivity contribution in [1.82, 2.24) is 14.8 Å². The van der Waals surface area contributed by atoms with E-state index in [-0.39, 0.29) is 12.6 Å². The zero-order valence-corrected chi connectivity index (χ0v) is 14.0. The number of hydrogen-bond acceptors (Lipinski definition) is 5. The van der Waals surface area contributed by atoms with E-state index in [9.17, 15) is 5.11 Å². The number of benzene rings is 1. The fourth-order valence-corrected chi connectivity index (χ4v) is 3.24. The van der Waals surface area contributed by atoms with Gasteiger partial charge in [-0.2, -0.15) is 0 Å². The Morgan fingerprint density at radius 1 is 1.30 bits per heavy atom. The van der Waals surface area contributed by atoms with Gasteiger partial charge in [0.25, 0.3) is 0 Å². The summed E-state index contributed by atoms with van der Waals surface area (Å²) in [4.78, 5) is 8.90. The third-order valence-corrected chi connectivity index (χ3v) is 4.52. The first-order chi connectivity index (χ1) is 11.2. The molecule has 2 aromatic rings.